The molecule has 0 spiro atoms. The molecule has 2 aromatic rings. The molecule has 8 aliphatic carbocycles. The molecule has 111 heavy (non-hydrogen) atoms. The van der Waals surface area contributed by atoms with Crippen molar-refractivity contribution in [1.29, 1.82) is 0 Å². The molecular weight excluding hydrogens is 1520 g/mol. The molecule has 0 amide bonds. The zero-order valence-corrected chi connectivity index (χ0v) is 71.3. The molecule has 1 heterocycles. The second kappa shape index (κ2) is 35.3. The number of halogens is 12. The molecule has 0 bridgehead atoms. The summed E-state index contributed by atoms with van der Waals surface area (Å²) in [4.78, 5) is 12.4. The van der Waals surface area contributed by atoms with Crippen molar-refractivity contribution < 1.29 is 95.4 Å². The molecule has 6 saturated carbocycles. The number of Topliss-reactive ketones (excluding diaryl/α,β-unsaturated/α-hetero) is 1. The van der Waals surface area contributed by atoms with Crippen molar-refractivity contribution in [2.45, 2.75) is 320 Å². The number of fused-ring (bicyclic) bond motifs is 2. The largest absolute Gasteiger partial charge is 0.429 e. The van der Waals surface area contributed by atoms with Crippen molar-refractivity contribution in [3.05, 3.63) is 143 Å². The number of carbonyl (C=O) groups is 1. The summed E-state index contributed by atoms with van der Waals surface area (Å²) in [6.07, 6.45) is 5.05. The van der Waals surface area contributed by atoms with E-state index in [9.17, 15) is 77.4 Å². The van der Waals surface area contributed by atoms with Gasteiger partial charge >= 0.3 is 24.7 Å². The summed E-state index contributed by atoms with van der Waals surface area (Å²) in [5.41, 5.74) is -4.87. The van der Waals surface area contributed by atoms with Crippen LogP contribution in [-0.2, 0) is 27.4 Å². The molecule has 0 aromatic heterocycles. The van der Waals surface area contributed by atoms with Crippen LogP contribution in [0.5, 0.6) is 0 Å². The molecule has 11 rings (SSSR count). The van der Waals surface area contributed by atoms with Gasteiger partial charge in [-0.2, -0.15) is 52.7 Å². The van der Waals surface area contributed by atoms with Gasteiger partial charge in [0.1, 0.15) is 12.9 Å². The summed E-state index contributed by atoms with van der Waals surface area (Å²) < 4.78 is 199. The Hall–Kier alpha value is -3.95. The first-order valence-corrected chi connectivity index (χ1v) is 50.7. The Labute approximate surface area is 656 Å². The van der Waals surface area contributed by atoms with Gasteiger partial charge in [-0.1, -0.05) is 194 Å². The number of benzene rings is 2. The molecule has 25 heteroatoms. The van der Waals surface area contributed by atoms with E-state index in [-0.39, 0.29) is 83.2 Å². The van der Waals surface area contributed by atoms with Crippen LogP contribution in [0.3, 0.4) is 0 Å². The normalized spacial score (nSPS) is 27.9. The van der Waals surface area contributed by atoms with E-state index in [2.05, 4.69) is 92.9 Å². The number of aliphatic hydroxyl groups is 3. The predicted molar refractivity (Wildman–Crippen MR) is 428 cm³/mol. The number of aliphatic hydroxyl groups excluding tert-OH is 2. The van der Waals surface area contributed by atoms with E-state index in [0.717, 1.165) is 110 Å². The summed E-state index contributed by atoms with van der Waals surface area (Å²) in [6, 6.07) is 20.0. The summed E-state index contributed by atoms with van der Waals surface area (Å²) in [5, 5.41) is 31.5. The molecule has 626 valence electrons. The topological polar surface area (TPSA) is 132 Å². The third-order valence-corrected chi connectivity index (χ3v) is 38.6. The molecule has 3 N–H and O–H groups in total. The van der Waals surface area contributed by atoms with E-state index in [0.29, 0.717) is 63.9 Å². The lowest BCUT2D eigenvalue weighted by atomic mass is 9.61. The predicted octanol–water partition coefficient (Wildman–Crippen LogP) is 23.9. The van der Waals surface area contributed by atoms with Crippen LogP contribution in [0.15, 0.2) is 143 Å². The van der Waals surface area contributed by atoms with Crippen molar-refractivity contribution in [1.82, 2.24) is 0 Å². The number of ketones is 1. The number of ether oxygens (including phenoxy) is 1. The Morgan fingerprint density at radius 2 is 0.973 bits per heavy atom. The molecular formula is C86H127F12O9PSi3. The lowest BCUT2D eigenvalue weighted by molar-refractivity contribution is -0.347. The maximum absolute atomic E-state index is 14.6. The SMILES string of the molecule is C.C1CCOC1.CC(C)(C)[Si](C)(C)OC1CC(=CCP(=O)(c2ccccc2)c2ccccc2)C[C@@H](O[Si](C)(C)C(C)(C)C)C1.C[C@]12CCC/C(=C\C=C3CC(O)C[C@H](O)C3)C1CC=C2C1(C/C=C/C(O)(C(F)(F)F)C(F)(F)F)CC1.C[C@]12CCCC(=O)C1CC=C2C1(C/C=C/C(O[Si](C)(C)C)(C(F)(F)F)C(F)(F)F)CC1. The lowest BCUT2D eigenvalue weighted by Crippen LogP contribution is -2.61. The zero-order valence-electron chi connectivity index (χ0n) is 67.4. The van der Waals surface area contributed by atoms with Crippen LogP contribution < -0.4 is 10.6 Å². The average Bonchev–Trinajstić information content (AvgIpc) is 1.55. The molecule has 2 aromatic carbocycles. The second-order valence-corrected chi connectivity index (χ2v) is 54.1. The Bertz CT molecular complexity index is 3600. The van der Waals surface area contributed by atoms with E-state index in [4.69, 9.17) is 18.0 Å². The third kappa shape index (κ3) is 22.1. The van der Waals surface area contributed by atoms with Crippen LogP contribution in [0.4, 0.5) is 52.7 Å². The van der Waals surface area contributed by atoms with Gasteiger partial charge in [0, 0.05) is 42.3 Å². The van der Waals surface area contributed by atoms with E-state index < -0.39 is 91.0 Å². The summed E-state index contributed by atoms with van der Waals surface area (Å²) >= 11 is 0. The number of carbonyl (C=O) groups excluding carboxylic acids is 1. The Kier molecular flexibility index (Phi) is 30.0. The highest BCUT2D eigenvalue weighted by atomic mass is 31.2. The molecule has 7 fully saturated rings. The van der Waals surface area contributed by atoms with Crippen LogP contribution in [-0.4, -0.2) is 126 Å². The van der Waals surface area contributed by atoms with Gasteiger partial charge in [-0.25, -0.2) is 0 Å². The molecule has 8 atom stereocenters. The van der Waals surface area contributed by atoms with Gasteiger partial charge in [-0.05, 0) is 230 Å². The highest BCUT2D eigenvalue weighted by Gasteiger charge is 2.72. The number of allylic oxidation sites excluding steroid dienone is 10. The van der Waals surface area contributed by atoms with E-state index in [1.165, 1.54) is 43.6 Å². The number of hydrogen-bond donors (Lipinski definition) is 3. The Morgan fingerprint density at radius 1 is 0.550 bits per heavy atom. The fourth-order valence-corrected chi connectivity index (χ4v) is 23.9. The highest BCUT2D eigenvalue weighted by molar-refractivity contribution is 7.78. The molecule has 9 nitrogen and oxygen atoms in total. The molecule has 4 unspecified atom stereocenters. The van der Waals surface area contributed by atoms with Crippen LogP contribution >= 0.6 is 7.14 Å². The first kappa shape index (κ1) is 94.2. The zero-order chi connectivity index (χ0) is 82.0. The average molecular weight is 1650 g/mol. The van der Waals surface area contributed by atoms with Crippen molar-refractivity contribution in [3.63, 3.8) is 0 Å². The van der Waals surface area contributed by atoms with Gasteiger partial charge < -0.3 is 37.9 Å². The minimum absolute atomic E-state index is 0. The van der Waals surface area contributed by atoms with E-state index >= 15 is 0 Å². The van der Waals surface area contributed by atoms with Crippen LogP contribution in [0.25, 0.3) is 0 Å². The summed E-state index contributed by atoms with van der Waals surface area (Å²) in [7, 11) is -9.88. The Morgan fingerprint density at radius 3 is 1.37 bits per heavy atom. The quantitative estimate of drug-likeness (QED) is 0.0544. The van der Waals surface area contributed by atoms with E-state index in [1.807, 2.05) is 79.7 Å². The van der Waals surface area contributed by atoms with Crippen LogP contribution in [0.2, 0.25) is 55.9 Å². The van der Waals surface area contributed by atoms with Gasteiger partial charge in [0.25, 0.3) is 11.2 Å². The first-order chi connectivity index (χ1) is 50.5. The van der Waals surface area contributed by atoms with Crippen molar-refractivity contribution in [2.24, 2.45) is 33.5 Å². The van der Waals surface area contributed by atoms with Crippen LogP contribution in [0.1, 0.15) is 204 Å². The minimum atomic E-state index is -5.86. The maximum Gasteiger partial charge on any atom is 0.429 e. The van der Waals surface area contributed by atoms with Crippen LogP contribution in [0, 0.1) is 33.5 Å². The van der Waals surface area contributed by atoms with Gasteiger partial charge in [0.05, 0.1) is 24.4 Å². The van der Waals surface area contributed by atoms with Crippen molar-refractivity contribution in [3.8, 4) is 0 Å². The van der Waals surface area contributed by atoms with E-state index in [1.54, 1.807) is 0 Å². The molecule has 1 saturated heterocycles. The number of rotatable bonds is 19. The summed E-state index contributed by atoms with van der Waals surface area (Å²) in [6.45, 7) is 33.3. The van der Waals surface area contributed by atoms with Gasteiger partial charge in [-0.3, -0.25) is 4.79 Å². The third-order valence-electron chi connectivity index (χ3n) is 25.7. The standard InChI is InChI=1S/C32H51O3PSi2.C27H34F6O3.C22H30F6O2Si.C4H8O.CH4/c1-31(2,3)37(7,8)34-27-23-26(24-28(25-27)35-38(9,10)32(4,5)6)21-22-36(33,29-17-13-11-14-18-29)30-19-15-12-16-20-30;1-23-9-2-4-18(6-5-17-14-19(34)16-20(35)15-17)21(23)7-8-22(23)24(12-13-24)10-3-11-25(36,26(28,29)30)27(31,32)33;1-18-10-5-7-16(29)15(18)8-9-17(18)19(13-14-19)11-6-12-20(21(23,24)25,22(26,27)28)30-31(2,3)4;1-2-4-5-3-1;/h11-21,27-28H,22-25H2,1-10H3;3,5-6,8,11,19-21,34-36H,2,4,7,9-10,12-16H2,1H3;6,9,12,15H,5,7-8,10-11,13-14H2,1-4H3;1-4H2;1H4/b;11-3+,17-5?,18-6+;12-6+;;/t27-,28?;19-,20?,21?,23+;15?,18-;;/m110../s1. The fraction of sp³-hybridized carbons (Fsp3) is 0.686. The number of alkyl halides is 12. The van der Waals surface area contributed by atoms with Crippen molar-refractivity contribution >= 4 is 48.5 Å². The lowest BCUT2D eigenvalue weighted by Gasteiger charge is -2.45. The monoisotopic (exact) mass is 1650 g/mol. The molecule has 1 aliphatic heterocycles. The Balaban J connectivity index is 0.000000223. The number of hydrogen-bond acceptors (Lipinski definition) is 9. The smallest absolute Gasteiger partial charge is 0.414 e. The second-order valence-electron chi connectivity index (χ2n) is 37.2. The maximum atomic E-state index is 14.6. The minimum Gasteiger partial charge on any atom is -0.414 e. The molecule has 9 aliphatic rings. The highest BCUT2D eigenvalue weighted by Crippen LogP contribution is 2.69. The first-order valence-electron chi connectivity index (χ1n) is 39.6. The van der Waals surface area contributed by atoms with Gasteiger partial charge in [0.15, 0.2) is 25.0 Å². The van der Waals surface area contributed by atoms with Gasteiger partial charge in [0.2, 0.25) is 0 Å². The van der Waals surface area contributed by atoms with Crippen molar-refractivity contribution in [2.75, 3.05) is 19.4 Å². The molecule has 0 radical (unpaired) electrons. The van der Waals surface area contributed by atoms with Gasteiger partial charge in [-0.15, -0.1) is 0 Å². The summed E-state index contributed by atoms with van der Waals surface area (Å²) in [5.74, 6) is 0.306. The fourth-order valence-electron chi connectivity index (χ4n) is 17.3.